The summed E-state index contributed by atoms with van der Waals surface area (Å²) in [5, 5.41) is 5.13. The smallest absolute Gasteiger partial charge is 0.341 e. The molecule has 0 aliphatic heterocycles. The minimum Gasteiger partial charge on any atom is -0.481 e. The van der Waals surface area contributed by atoms with E-state index in [0.29, 0.717) is 16.3 Å². The molecule has 3 rings (SSSR count). The predicted molar refractivity (Wildman–Crippen MR) is 116 cm³/mol. The standard InChI is InChI=1S/C23H23NO4S/c1-4-27-23(26)20-19(17-12-10-15(2)11-13-17)14-29-22(20)24-21(25)16(3)28-18-8-6-5-7-9-18/h5-14,16H,4H2,1-3H3,(H,24,25). The lowest BCUT2D eigenvalue weighted by Crippen LogP contribution is -2.30. The van der Waals surface area contributed by atoms with E-state index in [1.165, 1.54) is 11.3 Å². The van der Waals surface area contributed by atoms with Crippen molar-refractivity contribution in [2.75, 3.05) is 11.9 Å². The van der Waals surface area contributed by atoms with Gasteiger partial charge in [0.2, 0.25) is 0 Å². The van der Waals surface area contributed by atoms with Crippen LogP contribution >= 0.6 is 11.3 Å². The molecule has 1 amide bonds. The van der Waals surface area contributed by atoms with Crippen LogP contribution in [0.15, 0.2) is 60.0 Å². The molecule has 1 atom stereocenters. The maximum Gasteiger partial charge on any atom is 0.341 e. The molecule has 1 heterocycles. The van der Waals surface area contributed by atoms with Crippen molar-refractivity contribution in [3.63, 3.8) is 0 Å². The number of esters is 1. The highest BCUT2D eigenvalue weighted by molar-refractivity contribution is 7.15. The molecule has 0 aliphatic carbocycles. The zero-order valence-corrected chi connectivity index (χ0v) is 17.4. The van der Waals surface area contributed by atoms with Crippen molar-refractivity contribution in [3.05, 3.63) is 71.1 Å². The lowest BCUT2D eigenvalue weighted by Gasteiger charge is -2.15. The Morgan fingerprint density at radius 1 is 1.07 bits per heavy atom. The fraction of sp³-hybridized carbons (Fsp3) is 0.217. The highest BCUT2D eigenvalue weighted by atomic mass is 32.1. The van der Waals surface area contributed by atoms with Crippen molar-refractivity contribution in [1.29, 1.82) is 0 Å². The first-order chi connectivity index (χ1) is 14.0. The van der Waals surface area contributed by atoms with Crippen molar-refractivity contribution in [3.8, 4) is 16.9 Å². The fourth-order valence-electron chi connectivity index (χ4n) is 2.77. The molecule has 29 heavy (non-hydrogen) atoms. The highest BCUT2D eigenvalue weighted by Crippen LogP contribution is 2.36. The number of anilines is 1. The molecule has 1 unspecified atom stereocenters. The molecule has 5 nitrogen and oxygen atoms in total. The fourth-order valence-corrected chi connectivity index (χ4v) is 3.73. The molecular weight excluding hydrogens is 386 g/mol. The van der Waals surface area contributed by atoms with Crippen LogP contribution in [-0.2, 0) is 9.53 Å². The van der Waals surface area contributed by atoms with Gasteiger partial charge in [0, 0.05) is 10.9 Å². The molecule has 3 aromatic rings. The number of aryl methyl sites for hydroxylation is 1. The molecule has 0 saturated carbocycles. The van der Waals surface area contributed by atoms with Gasteiger partial charge in [-0.05, 0) is 38.5 Å². The Hall–Kier alpha value is -3.12. The summed E-state index contributed by atoms with van der Waals surface area (Å²) in [7, 11) is 0. The second-order valence-electron chi connectivity index (χ2n) is 6.50. The van der Waals surface area contributed by atoms with E-state index >= 15 is 0 Å². The molecule has 1 N–H and O–H groups in total. The van der Waals surface area contributed by atoms with E-state index in [2.05, 4.69) is 5.32 Å². The van der Waals surface area contributed by atoms with E-state index < -0.39 is 12.1 Å². The minimum absolute atomic E-state index is 0.253. The summed E-state index contributed by atoms with van der Waals surface area (Å²) in [6.07, 6.45) is -0.725. The van der Waals surface area contributed by atoms with Crippen molar-refractivity contribution in [2.24, 2.45) is 0 Å². The number of para-hydroxylation sites is 1. The average molecular weight is 410 g/mol. The normalized spacial score (nSPS) is 11.6. The zero-order valence-electron chi connectivity index (χ0n) is 16.6. The van der Waals surface area contributed by atoms with E-state index in [1.807, 2.05) is 54.8 Å². The Bertz CT molecular complexity index is 980. The van der Waals surface area contributed by atoms with Gasteiger partial charge in [-0.3, -0.25) is 4.79 Å². The molecule has 0 fully saturated rings. The van der Waals surface area contributed by atoms with Crippen LogP contribution < -0.4 is 10.1 Å². The summed E-state index contributed by atoms with van der Waals surface area (Å²) in [5.41, 5.74) is 3.12. The number of amides is 1. The Kier molecular flexibility index (Phi) is 6.67. The van der Waals surface area contributed by atoms with Gasteiger partial charge in [-0.15, -0.1) is 11.3 Å². The zero-order chi connectivity index (χ0) is 20.8. The quantitative estimate of drug-likeness (QED) is 0.538. The van der Waals surface area contributed by atoms with Crippen molar-refractivity contribution >= 4 is 28.2 Å². The first-order valence-electron chi connectivity index (χ1n) is 9.37. The van der Waals surface area contributed by atoms with Gasteiger partial charge in [0.25, 0.3) is 5.91 Å². The molecule has 2 aromatic carbocycles. The van der Waals surface area contributed by atoms with Crippen molar-refractivity contribution < 1.29 is 19.1 Å². The van der Waals surface area contributed by atoms with Crippen molar-refractivity contribution in [2.45, 2.75) is 26.9 Å². The summed E-state index contributed by atoms with van der Waals surface area (Å²) >= 11 is 1.29. The van der Waals surface area contributed by atoms with Crippen LogP contribution in [0, 0.1) is 6.92 Å². The Morgan fingerprint density at radius 3 is 2.41 bits per heavy atom. The number of hydrogen-bond donors (Lipinski definition) is 1. The van der Waals surface area contributed by atoms with Gasteiger partial charge in [0.1, 0.15) is 16.3 Å². The summed E-state index contributed by atoms with van der Waals surface area (Å²) in [4.78, 5) is 25.3. The number of rotatable bonds is 7. The minimum atomic E-state index is -0.725. The lowest BCUT2D eigenvalue weighted by molar-refractivity contribution is -0.122. The molecule has 0 bridgehead atoms. The van der Waals surface area contributed by atoms with Gasteiger partial charge in [-0.25, -0.2) is 4.79 Å². The second kappa shape index (κ2) is 9.39. The molecular formula is C23H23NO4S. The van der Waals surface area contributed by atoms with Crippen molar-refractivity contribution in [1.82, 2.24) is 0 Å². The van der Waals surface area contributed by atoms with Crippen LogP contribution in [0.5, 0.6) is 5.75 Å². The Morgan fingerprint density at radius 2 is 1.76 bits per heavy atom. The second-order valence-corrected chi connectivity index (χ2v) is 7.38. The maximum absolute atomic E-state index is 12.7. The molecule has 0 radical (unpaired) electrons. The molecule has 150 valence electrons. The SMILES string of the molecule is CCOC(=O)c1c(-c2ccc(C)cc2)csc1NC(=O)C(C)Oc1ccccc1. The summed E-state index contributed by atoms with van der Waals surface area (Å²) < 4.78 is 10.9. The number of thiophene rings is 1. The maximum atomic E-state index is 12.7. The van der Waals surface area contributed by atoms with Crippen LogP contribution in [0.3, 0.4) is 0 Å². The van der Waals surface area contributed by atoms with Crippen LogP contribution in [-0.4, -0.2) is 24.6 Å². The first-order valence-corrected chi connectivity index (χ1v) is 10.3. The largest absolute Gasteiger partial charge is 0.481 e. The number of ether oxygens (including phenoxy) is 2. The third-order valence-electron chi connectivity index (χ3n) is 4.30. The van der Waals surface area contributed by atoms with Gasteiger partial charge in [-0.2, -0.15) is 0 Å². The van der Waals surface area contributed by atoms with Crippen LogP contribution in [0.4, 0.5) is 5.00 Å². The predicted octanol–water partition coefficient (Wildman–Crippen LogP) is 5.31. The lowest BCUT2D eigenvalue weighted by atomic mass is 10.0. The first kappa shape index (κ1) is 20.6. The van der Waals surface area contributed by atoms with Gasteiger partial charge in [-0.1, -0.05) is 48.0 Å². The molecule has 6 heteroatoms. The molecule has 0 aliphatic rings. The van der Waals surface area contributed by atoms with E-state index in [4.69, 9.17) is 9.47 Å². The van der Waals surface area contributed by atoms with Crippen LogP contribution in [0.2, 0.25) is 0 Å². The van der Waals surface area contributed by atoms with E-state index in [1.54, 1.807) is 26.0 Å². The third kappa shape index (κ3) is 5.03. The summed E-state index contributed by atoms with van der Waals surface area (Å²) in [6.45, 7) is 5.68. The summed E-state index contributed by atoms with van der Waals surface area (Å²) in [5.74, 6) is -0.194. The number of carbonyl (C=O) groups excluding carboxylic acids is 2. The van der Waals surface area contributed by atoms with E-state index in [0.717, 1.165) is 16.7 Å². The third-order valence-corrected chi connectivity index (χ3v) is 5.19. The number of carbonyl (C=O) groups is 2. The number of benzene rings is 2. The van der Waals surface area contributed by atoms with Crippen LogP contribution in [0.25, 0.3) is 11.1 Å². The highest BCUT2D eigenvalue weighted by Gasteiger charge is 2.24. The van der Waals surface area contributed by atoms with E-state index in [9.17, 15) is 9.59 Å². The monoisotopic (exact) mass is 409 g/mol. The van der Waals surface area contributed by atoms with Gasteiger partial charge < -0.3 is 14.8 Å². The molecule has 1 aromatic heterocycles. The number of hydrogen-bond acceptors (Lipinski definition) is 5. The Labute approximate surface area is 174 Å². The van der Waals surface area contributed by atoms with Crippen LogP contribution in [0.1, 0.15) is 29.8 Å². The van der Waals surface area contributed by atoms with Gasteiger partial charge in [0.15, 0.2) is 6.10 Å². The number of nitrogens with one attached hydrogen (secondary N) is 1. The molecule has 0 saturated heterocycles. The molecule has 0 spiro atoms. The summed E-state index contributed by atoms with van der Waals surface area (Å²) in [6, 6.07) is 17.0. The topological polar surface area (TPSA) is 64.6 Å². The van der Waals surface area contributed by atoms with Gasteiger partial charge in [0.05, 0.1) is 6.61 Å². The Balaban J connectivity index is 1.85. The average Bonchev–Trinajstić information content (AvgIpc) is 3.13. The van der Waals surface area contributed by atoms with E-state index in [-0.39, 0.29) is 12.5 Å². The van der Waals surface area contributed by atoms with Gasteiger partial charge >= 0.3 is 5.97 Å².